The maximum absolute atomic E-state index is 10.7. The summed E-state index contributed by atoms with van der Waals surface area (Å²) in [6.45, 7) is 0. The zero-order valence-electron chi connectivity index (χ0n) is 10.3. The molecule has 0 saturated heterocycles. The average Bonchev–Trinajstić information content (AvgIpc) is 2.85. The molecule has 4 N–H and O–H groups in total. The molecule has 0 amide bonds. The fourth-order valence-electron chi connectivity index (χ4n) is 2.14. The Morgan fingerprint density at radius 2 is 1.80 bits per heavy atom. The molecular weight excluding hydrogens is 260 g/mol. The number of aromatic nitrogens is 2. The van der Waals surface area contributed by atoms with E-state index in [2.05, 4.69) is 9.97 Å². The maximum Gasteiger partial charge on any atom is 0.335 e. The molecule has 2 aromatic carbocycles. The van der Waals surface area contributed by atoms with Crippen LogP contribution in [0.5, 0.6) is 0 Å². The van der Waals surface area contributed by atoms with E-state index in [4.69, 9.17) is 5.11 Å². The minimum Gasteiger partial charge on any atom is -0.479 e. The topological polar surface area (TPSA) is 106 Å². The number of carboxylic acid groups (broad SMARTS) is 1. The van der Waals surface area contributed by atoms with E-state index in [1.54, 1.807) is 0 Å². The number of aliphatic carboxylic acids is 1. The Balaban J connectivity index is 2.10. The Labute approximate surface area is 113 Å². The van der Waals surface area contributed by atoms with Gasteiger partial charge in [-0.25, -0.2) is 9.78 Å². The number of aliphatic hydroxyl groups excluding tert-OH is 2. The van der Waals surface area contributed by atoms with E-state index >= 15 is 0 Å². The van der Waals surface area contributed by atoms with Crippen molar-refractivity contribution in [3.8, 4) is 0 Å². The van der Waals surface area contributed by atoms with Crippen LogP contribution in [-0.2, 0) is 4.79 Å². The van der Waals surface area contributed by atoms with Gasteiger partial charge in [-0.05, 0) is 22.9 Å². The molecule has 0 aliphatic rings. The Morgan fingerprint density at radius 1 is 1.15 bits per heavy atom. The van der Waals surface area contributed by atoms with Crippen molar-refractivity contribution in [2.45, 2.75) is 12.2 Å². The third kappa shape index (κ3) is 2.01. The van der Waals surface area contributed by atoms with Gasteiger partial charge in [0.1, 0.15) is 11.9 Å². The van der Waals surface area contributed by atoms with Crippen LogP contribution in [0.3, 0.4) is 0 Å². The summed E-state index contributed by atoms with van der Waals surface area (Å²) in [7, 11) is 0. The second-order valence-electron chi connectivity index (χ2n) is 4.57. The number of nitrogens with zero attached hydrogens (tertiary/aromatic N) is 1. The van der Waals surface area contributed by atoms with E-state index < -0.39 is 18.2 Å². The summed E-state index contributed by atoms with van der Waals surface area (Å²) >= 11 is 0. The number of aromatic amines is 1. The van der Waals surface area contributed by atoms with E-state index in [9.17, 15) is 15.0 Å². The van der Waals surface area contributed by atoms with Crippen LogP contribution in [0.25, 0.3) is 21.8 Å². The Bertz CT molecular complexity index is 744. The first-order valence-corrected chi connectivity index (χ1v) is 6.03. The van der Waals surface area contributed by atoms with E-state index in [1.165, 1.54) is 0 Å². The number of benzene rings is 2. The molecule has 0 saturated carbocycles. The van der Waals surface area contributed by atoms with Crippen LogP contribution in [0.1, 0.15) is 11.9 Å². The SMILES string of the molecule is O=C(O)[C@@H](O)[C@@H](O)c1nc2cc3ccccc3cc2[nH]1. The third-order valence-corrected chi connectivity index (χ3v) is 3.20. The van der Waals surface area contributed by atoms with Crippen molar-refractivity contribution < 1.29 is 20.1 Å². The molecule has 20 heavy (non-hydrogen) atoms. The van der Waals surface area contributed by atoms with E-state index in [0.29, 0.717) is 11.0 Å². The summed E-state index contributed by atoms with van der Waals surface area (Å²) in [6.07, 6.45) is -3.51. The first-order valence-electron chi connectivity index (χ1n) is 6.03. The van der Waals surface area contributed by atoms with Crippen molar-refractivity contribution in [1.29, 1.82) is 0 Å². The van der Waals surface area contributed by atoms with Gasteiger partial charge >= 0.3 is 5.97 Å². The lowest BCUT2D eigenvalue weighted by atomic mass is 10.1. The Kier molecular flexibility index (Phi) is 2.89. The maximum atomic E-state index is 10.7. The first kappa shape index (κ1) is 12.6. The Morgan fingerprint density at radius 3 is 2.45 bits per heavy atom. The number of imidazole rings is 1. The summed E-state index contributed by atoms with van der Waals surface area (Å²) in [5.41, 5.74) is 1.28. The highest BCUT2D eigenvalue weighted by atomic mass is 16.4. The van der Waals surface area contributed by atoms with E-state index in [1.807, 2.05) is 36.4 Å². The fraction of sp³-hybridized carbons (Fsp3) is 0.143. The summed E-state index contributed by atoms with van der Waals surface area (Å²) in [5, 5.41) is 29.8. The lowest BCUT2D eigenvalue weighted by Gasteiger charge is -2.10. The van der Waals surface area contributed by atoms with Crippen LogP contribution in [0.4, 0.5) is 0 Å². The summed E-state index contributed by atoms with van der Waals surface area (Å²) in [6, 6.07) is 11.4. The molecule has 6 nitrogen and oxygen atoms in total. The number of aliphatic hydroxyl groups is 2. The molecule has 2 atom stereocenters. The highest BCUT2D eigenvalue weighted by Crippen LogP contribution is 2.23. The van der Waals surface area contributed by atoms with Gasteiger partial charge in [-0.1, -0.05) is 24.3 Å². The van der Waals surface area contributed by atoms with Gasteiger partial charge in [0.2, 0.25) is 0 Å². The molecular formula is C14H12N2O4. The van der Waals surface area contributed by atoms with Crippen molar-refractivity contribution in [2.24, 2.45) is 0 Å². The van der Waals surface area contributed by atoms with Crippen LogP contribution >= 0.6 is 0 Å². The van der Waals surface area contributed by atoms with Gasteiger partial charge in [0, 0.05) is 0 Å². The second-order valence-corrected chi connectivity index (χ2v) is 4.57. The second kappa shape index (κ2) is 4.59. The largest absolute Gasteiger partial charge is 0.479 e. The number of hydrogen-bond donors (Lipinski definition) is 4. The van der Waals surface area contributed by atoms with Gasteiger partial charge < -0.3 is 20.3 Å². The van der Waals surface area contributed by atoms with Crippen LogP contribution in [0.15, 0.2) is 36.4 Å². The van der Waals surface area contributed by atoms with Gasteiger partial charge in [0.15, 0.2) is 6.10 Å². The van der Waals surface area contributed by atoms with Crippen LogP contribution in [0.2, 0.25) is 0 Å². The molecule has 3 aromatic rings. The predicted octanol–water partition coefficient (Wildman–Crippen LogP) is 1.20. The van der Waals surface area contributed by atoms with Gasteiger partial charge in [0.25, 0.3) is 0 Å². The molecule has 0 fully saturated rings. The lowest BCUT2D eigenvalue weighted by Crippen LogP contribution is -2.28. The number of rotatable bonds is 3. The van der Waals surface area contributed by atoms with Crippen molar-refractivity contribution in [3.63, 3.8) is 0 Å². The molecule has 102 valence electrons. The molecule has 0 radical (unpaired) electrons. The van der Waals surface area contributed by atoms with Crippen LogP contribution < -0.4 is 0 Å². The van der Waals surface area contributed by atoms with Gasteiger partial charge in [-0.3, -0.25) is 0 Å². The lowest BCUT2D eigenvalue weighted by molar-refractivity contribution is -0.153. The van der Waals surface area contributed by atoms with Crippen molar-refractivity contribution in [2.75, 3.05) is 0 Å². The molecule has 3 rings (SSSR count). The smallest absolute Gasteiger partial charge is 0.335 e. The monoisotopic (exact) mass is 272 g/mol. The highest BCUT2D eigenvalue weighted by Gasteiger charge is 2.27. The van der Waals surface area contributed by atoms with E-state index in [-0.39, 0.29) is 5.82 Å². The van der Waals surface area contributed by atoms with Crippen molar-refractivity contribution in [1.82, 2.24) is 9.97 Å². The van der Waals surface area contributed by atoms with Crippen LogP contribution in [0, 0.1) is 0 Å². The van der Waals surface area contributed by atoms with Crippen molar-refractivity contribution >= 4 is 27.8 Å². The number of fused-ring (bicyclic) bond motifs is 2. The quantitative estimate of drug-likeness (QED) is 0.573. The zero-order chi connectivity index (χ0) is 14.3. The Hall–Kier alpha value is -2.44. The molecule has 0 bridgehead atoms. The number of hydrogen-bond acceptors (Lipinski definition) is 4. The molecule has 1 heterocycles. The number of carbonyl (C=O) groups is 1. The molecule has 0 aliphatic heterocycles. The minimum absolute atomic E-state index is 0.0326. The van der Waals surface area contributed by atoms with Gasteiger partial charge in [-0.2, -0.15) is 0 Å². The molecule has 0 spiro atoms. The number of carboxylic acids is 1. The fourth-order valence-corrected chi connectivity index (χ4v) is 2.14. The summed E-state index contributed by atoms with van der Waals surface area (Å²) < 4.78 is 0. The normalized spacial score (nSPS) is 14.5. The number of H-pyrrole nitrogens is 1. The standard InChI is InChI=1S/C14H12N2O4/c17-11(12(18)14(19)20)13-15-9-5-7-3-1-2-4-8(7)6-10(9)16-13/h1-6,11-12,17-18H,(H,15,16)(H,19,20)/t11-,12+/m1/s1. The third-order valence-electron chi connectivity index (χ3n) is 3.20. The highest BCUT2D eigenvalue weighted by molar-refractivity contribution is 5.95. The molecule has 1 aromatic heterocycles. The predicted molar refractivity (Wildman–Crippen MR) is 72.2 cm³/mol. The van der Waals surface area contributed by atoms with E-state index in [0.717, 1.165) is 10.8 Å². The zero-order valence-corrected chi connectivity index (χ0v) is 10.3. The first-order chi connectivity index (χ1) is 9.56. The summed E-state index contributed by atoms with van der Waals surface area (Å²) in [4.78, 5) is 17.6. The molecule has 0 unspecified atom stereocenters. The molecule has 0 aliphatic carbocycles. The number of nitrogens with one attached hydrogen (secondary N) is 1. The average molecular weight is 272 g/mol. The van der Waals surface area contributed by atoms with Gasteiger partial charge in [0.05, 0.1) is 11.0 Å². The molecule has 6 heteroatoms. The minimum atomic E-state index is -1.91. The van der Waals surface area contributed by atoms with Crippen LogP contribution in [-0.4, -0.2) is 37.4 Å². The van der Waals surface area contributed by atoms with Gasteiger partial charge in [-0.15, -0.1) is 0 Å². The summed E-state index contributed by atoms with van der Waals surface area (Å²) in [5.74, 6) is -1.46. The van der Waals surface area contributed by atoms with Crippen molar-refractivity contribution in [3.05, 3.63) is 42.2 Å².